The van der Waals surface area contributed by atoms with E-state index < -0.39 is 42.1 Å². The van der Waals surface area contributed by atoms with E-state index in [1.807, 2.05) is 48.5 Å². The van der Waals surface area contributed by atoms with E-state index in [2.05, 4.69) is 0 Å². The summed E-state index contributed by atoms with van der Waals surface area (Å²) in [5.74, 6) is -2.39. The van der Waals surface area contributed by atoms with Gasteiger partial charge in [-0.05, 0) is 48.1 Å². The number of aliphatic hydroxyl groups excluding tert-OH is 2. The average Bonchev–Trinajstić information content (AvgIpc) is 2.93. The van der Waals surface area contributed by atoms with E-state index in [-0.39, 0.29) is 25.0 Å². The minimum Gasteiger partial charge on any atom is -0.508 e. The fourth-order valence-electron chi connectivity index (χ4n) is 4.17. The molecule has 0 aromatic heterocycles. The summed E-state index contributed by atoms with van der Waals surface area (Å²) in [6, 6.07) is 24.2. The Labute approximate surface area is 228 Å². The highest BCUT2D eigenvalue weighted by Gasteiger charge is 2.31. The van der Waals surface area contributed by atoms with Crippen LogP contribution in [0.1, 0.15) is 23.1 Å². The van der Waals surface area contributed by atoms with Crippen LogP contribution in [-0.4, -0.2) is 51.5 Å². The Morgan fingerprint density at radius 2 is 1.33 bits per heavy atom. The third kappa shape index (κ3) is 9.68. The number of phenols is 1. The smallest absolute Gasteiger partial charge is 0.313 e. The monoisotopic (exact) mass is 532 g/mol. The molecule has 3 aromatic carbocycles. The third-order valence-corrected chi connectivity index (χ3v) is 6.47. The minimum atomic E-state index is -1.25. The predicted octanol–water partition coefficient (Wildman–Crippen LogP) is 2.43. The summed E-state index contributed by atoms with van der Waals surface area (Å²) < 4.78 is 5.52. The van der Waals surface area contributed by atoms with Crippen LogP contribution in [0.3, 0.4) is 0 Å². The van der Waals surface area contributed by atoms with Crippen LogP contribution in [0.15, 0.2) is 97.1 Å². The van der Waals surface area contributed by atoms with Gasteiger partial charge >= 0.3 is 5.97 Å². The van der Waals surface area contributed by atoms with E-state index in [0.717, 1.165) is 16.7 Å². The van der Waals surface area contributed by atoms with Crippen molar-refractivity contribution < 1.29 is 29.6 Å². The van der Waals surface area contributed by atoms with Gasteiger partial charge in [0.2, 0.25) is 0 Å². The lowest BCUT2D eigenvalue weighted by Crippen LogP contribution is -2.39. The summed E-state index contributed by atoms with van der Waals surface area (Å²) in [4.78, 5) is 25.3. The first-order valence-corrected chi connectivity index (χ1v) is 12.9. The van der Waals surface area contributed by atoms with E-state index >= 15 is 0 Å². The van der Waals surface area contributed by atoms with Crippen LogP contribution in [0, 0.1) is 5.92 Å². The van der Waals surface area contributed by atoms with Crippen molar-refractivity contribution in [3.05, 3.63) is 114 Å². The number of phenolic OH excluding ortho intramolecular Hbond substituents is 1. The van der Waals surface area contributed by atoms with E-state index in [4.69, 9.17) is 16.2 Å². The summed E-state index contributed by atoms with van der Waals surface area (Å²) in [5.41, 5.74) is 14.1. The van der Waals surface area contributed by atoms with Crippen LogP contribution >= 0.6 is 0 Å². The molecule has 0 spiro atoms. The molecule has 8 nitrogen and oxygen atoms in total. The maximum atomic E-state index is 13.2. The first-order valence-electron chi connectivity index (χ1n) is 12.9. The first kappa shape index (κ1) is 29.6. The molecule has 5 unspecified atom stereocenters. The molecule has 0 radical (unpaired) electrons. The van der Waals surface area contributed by atoms with Crippen LogP contribution in [0.4, 0.5) is 0 Å². The van der Waals surface area contributed by atoms with Gasteiger partial charge in [-0.2, -0.15) is 0 Å². The highest BCUT2D eigenvalue weighted by molar-refractivity contribution is 5.83. The number of benzene rings is 3. The van der Waals surface area contributed by atoms with E-state index in [1.54, 1.807) is 42.5 Å². The third-order valence-electron chi connectivity index (χ3n) is 6.47. The molecule has 0 saturated heterocycles. The van der Waals surface area contributed by atoms with Gasteiger partial charge in [0, 0.05) is 12.5 Å². The van der Waals surface area contributed by atoms with Gasteiger partial charge in [-0.1, -0.05) is 84.9 Å². The lowest BCUT2D eigenvalue weighted by molar-refractivity contribution is -0.161. The lowest BCUT2D eigenvalue weighted by Gasteiger charge is -2.23. The van der Waals surface area contributed by atoms with Gasteiger partial charge in [0.25, 0.3) is 5.91 Å². The fraction of sp³-hybridized carbons (Fsp3) is 0.290. The molecule has 0 bridgehead atoms. The van der Waals surface area contributed by atoms with E-state index in [0.29, 0.717) is 6.42 Å². The molecule has 0 aliphatic heterocycles. The van der Waals surface area contributed by atoms with E-state index in [9.17, 15) is 24.9 Å². The van der Waals surface area contributed by atoms with Crippen LogP contribution < -0.4 is 11.5 Å². The van der Waals surface area contributed by atoms with Gasteiger partial charge in [0.1, 0.15) is 5.75 Å². The Hall–Kier alpha value is -3.98. The number of amides is 1. The average molecular weight is 533 g/mol. The number of carbonyl (C=O) groups is 2. The van der Waals surface area contributed by atoms with Crippen molar-refractivity contribution >= 4 is 11.9 Å². The number of aliphatic hydroxyl groups is 2. The van der Waals surface area contributed by atoms with Crippen molar-refractivity contribution in [1.29, 1.82) is 0 Å². The summed E-state index contributed by atoms with van der Waals surface area (Å²) in [5, 5.41) is 30.9. The molecule has 3 rings (SSSR count). The van der Waals surface area contributed by atoms with Crippen molar-refractivity contribution in [2.45, 2.75) is 50.0 Å². The SMILES string of the molecule is NC(=O)C(Cc1ccccc1)OC(=O)C(Cc1ccccc1)C(O)C=CCC(O)C(N)Cc1ccc(O)cc1. The maximum Gasteiger partial charge on any atom is 0.313 e. The topological polar surface area (TPSA) is 156 Å². The van der Waals surface area contributed by atoms with Crippen molar-refractivity contribution in [3.63, 3.8) is 0 Å². The number of primary amides is 1. The Balaban J connectivity index is 1.66. The second kappa shape index (κ2) is 14.8. The van der Waals surface area contributed by atoms with Crippen LogP contribution in [-0.2, 0) is 33.6 Å². The summed E-state index contributed by atoms with van der Waals surface area (Å²) >= 11 is 0. The molecule has 0 aliphatic rings. The number of esters is 1. The number of nitrogens with two attached hydrogens (primary N) is 2. The van der Waals surface area contributed by atoms with Crippen LogP contribution in [0.5, 0.6) is 5.75 Å². The molecule has 3 aromatic rings. The fourth-order valence-corrected chi connectivity index (χ4v) is 4.17. The quantitative estimate of drug-likeness (QED) is 0.158. The standard InChI is InChI=1S/C31H36N2O6/c32-26(19-23-14-16-24(34)17-15-23)28(36)13-7-12-27(35)25(18-21-8-3-1-4-9-21)31(38)39-29(30(33)37)20-22-10-5-2-6-11-22/h1-12,14-17,25-29,34-36H,13,18-20,32H2,(H2,33,37). The van der Waals surface area contributed by atoms with Gasteiger partial charge < -0.3 is 31.5 Å². The Morgan fingerprint density at radius 1 is 0.795 bits per heavy atom. The summed E-state index contributed by atoms with van der Waals surface area (Å²) in [7, 11) is 0. The number of hydrogen-bond donors (Lipinski definition) is 5. The predicted molar refractivity (Wildman–Crippen MR) is 148 cm³/mol. The number of ether oxygens (including phenoxy) is 1. The minimum absolute atomic E-state index is 0.122. The van der Waals surface area contributed by atoms with Gasteiger partial charge in [-0.25, -0.2) is 0 Å². The van der Waals surface area contributed by atoms with Gasteiger partial charge in [-0.3, -0.25) is 9.59 Å². The summed E-state index contributed by atoms with van der Waals surface area (Å²) in [6.45, 7) is 0. The van der Waals surface area contributed by atoms with Crippen LogP contribution in [0.25, 0.3) is 0 Å². The Morgan fingerprint density at radius 3 is 1.90 bits per heavy atom. The molecule has 206 valence electrons. The molecule has 8 heteroatoms. The molecular formula is C31H36N2O6. The van der Waals surface area contributed by atoms with Crippen molar-refractivity contribution in [2.75, 3.05) is 0 Å². The number of aromatic hydroxyl groups is 1. The number of hydrogen-bond acceptors (Lipinski definition) is 7. The van der Waals surface area contributed by atoms with Crippen molar-refractivity contribution in [1.82, 2.24) is 0 Å². The van der Waals surface area contributed by atoms with Gasteiger partial charge in [0.15, 0.2) is 6.10 Å². The molecule has 1 amide bonds. The number of carbonyl (C=O) groups excluding carboxylic acids is 2. The molecular weight excluding hydrogens is 496 g/mol. The zero-order valence-electron chi connectivity index (χ0n) is 21.7. The van der Waals surface area contributed by atoms with Gasteiger partial charge in [0.05, 0.1) is 18.1 Å². The highest BCUT2D eigenvalue weighted by atomic mass is 16.5. The highest BCUT2D eigenvalue weighted by Crippen LogP contribution is 2.19. The van der Waals surface area contributed by atoms with Crippen molar-refractivity contribution in [3.8, 4) is 5.75 Å². The maximum absolute atomic E-state index is 13.2. The zero-order chi connectivity index (χ0) is 28.2. The molecule has 39 heavy (non-hydrogen) atoms. The molecule has 0 fully saturated rings. The zero-order valence-corrected chi connectivity index (χ0v) is 21.7. The van der Waals surface area contributed by atoms with Gasteiger partial charge in [-0.15, -0.1) is 0 Å². The molecule has 0 aliphatic carbocycles. The first-order chi connectivity index (χ1) is 18.7. The summed E-state index contributed by atoms with van der Waals surface area (Å²) in [6.07, 6.45) is 0.527. The molecule has 7 N–H and O–H groups in total. The molecule has 0 saturated carbocycles. The second-order valence-corrected chi connectivity index (χ2v) is 9.57. The second-order valence-electron chi connectivity index (χ2n) is 9.57. The Bertz CT molecular complexity index is 1200. The molecule has 5 atom stereocenters. The normalized spacial score (nSPS) is 15.3. The van der Waals surface area contributed by atoms with E-state index in [1.165, 1.54) is 6.08 Å². The number of rotatable bonds is 14. The van der Waals surface area contributed by atoms with Crippen LogP contribution in [0.2, 0.25) is 0 Å². The van der Waals surface area contributed by atoms with Crippen molar-refractivity contribution in [2.24, 2.45) is 17.4 Å². The molecule has 0 heterocycles. The Kier molecular flexibility index (Phi) is 11.2. The largest absolute Gasteiger partial charge is 0.508 e. The lowest BCUT2D eigenvalue weighted by atomic mass is 9.93.